The van der Waals surface area contributed by atoms with E-state index in [9.17, 15) is 9.90 Å². The van der Waals surface area contributed by atoms with Crippen LogP contribution in [0.1, 0.15) is 34.3 Å². The number of nitrogens with zero attached hydrogens (tertiary/aromatic N) is 1. The first-order chi connectivity index (χ1) is 14.6. The molecule has 0 saturated carbocycles. The maximum atomic E-state index is 13.8. The summed E-state index contributed by atoms with van der Waals surface area (Å²) in [5.41, 5.74) is 3.32. The van der Waals surface area contributed by atoms with E-state index in [1.165, 1.54) is 0 Å². The Bertz CT molecular complexity index is 981. The number of hydrogen-bond acceptors (Lipinski definition) is 4. The lowest BCUT2D eigenvalue weighted by molar-refractivity contribution is -0.134. The lowest BCUT2D eigenvalue weighted by Gasteiger charge is -2.36. The number of hydrogen-bond donors (Lipinski definition) is 1. The number of carbonyl (C=O) groups is 1. The summed E-state index contributed by atoms with van der Waals surface area (Å²) in [6.07, 6.45) is -0.852. The van der Waals surface area contributed by atoms with Crippen molar-refractivity contribution >= 4 is 5.91 Å². The molecule has 1 amide bonds. The summed E-state index contributed by atoms with van der Waals surface area (Å²) >= 11 is 0. The van der Waals surface area contributed by atoms with Crippen LogP contribution in [0.25, 0.3) is 0 Å². The SMILES string of the molecule is COc1ccc(OC)c2c1CN(C(=O)C(c1ccccc1)c1ccccc1)CC2O. The summed E-state index contributed by atoms with van der Waals surface area (Å²) in [5, 5.41) is 10.9. The monoisotopic (exact) mass is 403 g/mol. The molecule has 5 nitrogen and oxygen atoms in total. The maximum absolute atomic E-state index is 13.8. The number of ether oxygens (including phenoxy) is 2. The molecule has 5 heteroatoms. The molecule has 3 aromatic rings. The van der Waals surface area contributed by atoms with Crippen molar-refractivity contribution in [3.8, 4) is 11.5 Å². The van der Waals surface area contributed by atoms with E-state index < -0.39 is 12.0 Å². The Morgan fingerprint density at radius 2 is 1.43 bits per heavy atom. The third kappa shape index (κ3) is 3.64. The van der Waals surface area contributed by atoms with E-state index in [-0.39, 0.29) is 12.5 Å². The second-order valence-electron chi connectivity index (χ2n) is 7.35. The Morgan fingerprint density at radius 1 is 0.900 bits per heavy atom. The van der Waals surface area contributed by atoms with Crippen molar-refractivity contribution in [2.45, 2.75) is 18.6 Å². The van der Waals surface area contributed by atoms with Gasteiger partial charge < -0.3 is 19.5 Å². The molecule has 0 aromatic heterocycles. The summed E-state index contributed by atoms with van der Waals surface area (Å²) in [7, 11) is 3.17. The molecule has 0 saturated heterocycles. The Balaban J connectivity index is 1.74. The Kier molecular flexibility index (Phi) is 5.72. The summed E-state index contributed by atoms with van der Waals surface area (Å²) in [6, 6.07) is 23.1. The van der Waals surface area contributed by atoms with Gasteiger partial charge in [-0.25, -0.2) is 0 Å². The van der Waals surface area contributed by atoms with Crippen molar-refractivity contribution < 1.29 is 19.4 Å². The minimum atomic E-state index is -0.852. The van der Waals surface area contributed by atoms with Crippen LogP contribution in [0.2, 0.25) is 0 Å². The first-order valence-electron chi connectivity index (χ1n) is 9.94. The average molecular weight is 403 g/mol. The van der Waals surface area contributed by atoms with E-state index >= 15 is 0 Å². The van der Waals surface area contributed by atoms with Gasteiger partial charge in [-0.3, -0.25) is 4.79 Å². The predicted octanol–water partition coefficient (Wildman–Crippen LogP) is 3.91. The molecule has 1 aliphatic rings. The van der Waals surface area contributed by atoms with Gasteiger partial charge in [-0.05, 0) is 23.3 Å². The number of carbonyl (C=O) groups excluding carboxylic acids is 1. The van der Waals surface area contributed by atoms with Gasteiger partial charge in [0.15, 0.2) is 0 Å². The largest absolute Gasteiger partial charge is 0.496 e. The number of aliphatic hydroxyl groups is 1. The lowest BCUT2D eigenvalue weighted by Crippen LogP contribution is -2.41. The van der Waals surface area contributed by atoms with Crippen LogP contribution >= 0.6 is 0 Å². The van der Waals surface area contributed by atoms with Crippen molar-refractivity contribution in [1.82, 2.24) is 4.90 Å². The van der Waals surface area contributed by atoms with Crippen molar-refractivity contribution in [2.75, 3.05) is 20.8 Å². The van der Waals surface area contributed by atoms with Crippen LogP contribution in [-0.4, -0.2) is 36.7 Å². The van der Waals surface area contributed by atoms with E-state index in [0.717, 1.165) is 16.7 Å². The molecule has 1 N–H and O–H groups in total. The number of rotatable bonds is 5. The van der Waals surface area contributed by atoms with Gasteiger partial charge in [0.1, 0.15) is 17.6 Å². The molecule has 1 atom stereocenters. The number of fused-ring (bicyclic) bond motifs is 1. The van der Waals surface area contributed by atoms with Crippen LogP contribution in [0.4, 0.5) is 0 Å². The van der Waals surface area contributed by atoms with Crippen LogP contribution in [0, 0.1) is 0 Å². The second-order valence-corrected chi connectivity index (χ2v) is 7.35. The number of amides is 1. The summed E-state index contributed by atoms with van der Waals surface area (Å²) in [6.45, 7) is 0.549. The quantitative estimate of drug-likeness (QED) is 0.702. The molecule has 3 aromatic carbocycles. The molecular formula is C25H25NO4. The fraction of sp³-hybridized carbons (Fsp3) is 0.240. The third-order valence-electron chi connectivity index (χ3n) is 5.61. The molecule has 0 spiro atoms. The summed E-state index contributed by atoms with van der Waals surface area (Å²) in [4.78, 5) is 15.5. The first-order valence-corrected chi connectivity index (χ1v) is 9.94. The van der Waals surface area contributed by atoms with Crippen molar-refractivity contribution in [3.63, 3.8) is 0 Å². The highest BCUT2D eigenvalue weighted by molar-refractivity contribution is 5.87. The van der Waals surface area contributed by atoms with Crippen molar-refractivity contribution in [1.29, 1.82) is 0 Å². The molecule has 1 aliphatic heterocycles. The van der Waals surface area contributed by atoms with Gasteiger partial charge in [0.25, 0.3) is 0 Å². The predicted molar refractivity (Wildman–Crippen MR) is 115 cm³/mol. The van der Waals surface area contributed by atoms with Crippen LogP contribution in [0.3, 0.4) is 0 Å². The molecular weight excluding hydrogens is 378 g/mol. The van der Waals surface area contributed by atoms with E-state index in [4.69, 9.17) is 9.47 Å². The van der Waals surface area contributed by atoms with Gasteiger partial charge in [0.05, 0.1) is 26.7 Å². The number of methoxy groups -OCH3 is 2. The van der Waals surface area contributed by atoms with Crippen LogP contribution in [0.15, 0.2) is 72.8 Å². The van der Waals surface area contributed by atoms with E-state index in [1.54, 1.807) is 25.2 Å². The highest BCUT2D eigenvalue weighted by Crippen LogP contribution is 2.40. The van der Waals surface area contributed by atoms with Gasteiger partial charge in [-0.2, -0.15) is 0 Å². The molecule has 0 aliphatic carbocycles. The minimum absolute atomic E-state index is 0.0537. The number of benzene rings is 3. The van der Waals surface area contributed by atoms with E-state index in [0.29, 0.717) is 23.6 Å². The standard InChI is InChI=1S/C25H25NO4/c1-29-21-13-14-22(30-2)24-19(21)15-26(16-20(24)27)25(28)23(17-9-5-3-6-10-17)18-11-7-4-8-12-18/h3-14,20,23,27H,15-16H2,1-2H3. The van der Waals surface area contributed by atoms with E-state index in [1.807, 2.05) is 66.7 Å². The lowest BCUT2D eigenvalue weighted by atomic mass is 9.88. The first kappa shape index (κ1) is 20.0. The molecule has 1 unspecified atom stereocenters. The fourth-order valence-corrected chi connectivity index (χ4v) is 4.20. The molecule has 154 valence electrons. The van der Waals surface area contributed by atoms with Crippen LogP contribution < -0.4 is 9.47 Å². The molecule has 4 rings (SSSR count). The van der Waals surface area contributed by atoms with Crippen LogP contribution in [0.5, 0.6) is 11.5 Å². The zero-order valence-electron chi connectivity index (χ0n) is 17.1. The zero-order valence-corrected chi connectivity index (χ0v) is 17.1. The smallest absolute Gasteiger partial charge is 0.234 e. The molecule has 0 bridgehead atoms. The minimum Gasteiger partial charge on any atom is -0.496 e. The van der Waals surface area contributed by atoms with Gasteiger partial charge in [0, 0.05) is 17.7 Å². The topological polar surface area (TPSA) is 59.0 Å². The Morgan fingerprint density at radius 3 is 1.97 bits per heavy atom. The van der Waals surface area contributed by atoms with Crippen LogP contribution in [-0.2, 0) is 11.3 Å². The van der Waals surface area contributed by atoms with Crippen molar-refractivity contribution in [3.05, 3.63) is 95.1 Å². The fourth-order valence-electron chi connectivity index (χ4n) is 4.20. The third-order valence-corrected chi connectivity index (χ3v) is 5.61. The van der Waals surface area contributed by atoms with Crippen molar-refractivity contribution in [2.24, 2.45) is 0 Å². The highest BCUT2D eigenvalue weighted by Gasteiger charge is 2.35. The number of aliphatic hydroxyl groups excluding tert-OH is 1. The average Bonchev–Trinajstić information content (AvgIpc) is 2.79. The van der Waals surface area contributed by atoms with Gasteiger partial charge in [-0.15, -0.1) is 0 Å². The molecule has 30 heavy (non-hydrogen) atoms. The van der Waals surface area contributed by atoms with E-state index in [2.05, 4.69) is 0 Å². The normalized spacial score (nSPS) is 15.6. The number of β-amino-alcohol motifs (C(OH)–C–C–N with tert-alkyl or cyclic N) is 1. The summed E-state index contributed by atoms with van der Waals surface area (Å²) < 4.78 is 11.0. The highest BCUT2D eigenvalue weighted by atomic mass is 16.5. The molecule has 1 heterocycles. The second kappa shape index (κ2) is 8.59. The summed E-state index contributed by atoms with van der Waals surface area (Å²) in [5.74, 6) is 0.742. The van der Waals surface area contributed by atoms with Gasteiger partial charge in [0.2, 0.25) is 5.91 Å². The zero-order chi connectivity index (χ0) is 21.1. The van der Waals surface area contributed by atoms with Gasteiger partial charge in [-0.1, -0.05) is 60.7 Å². The Hall–Kier alpha value is -3.31. The Labute approximate surface area is 176 Å². The maximum Gasteiger partial charge on any atom is 0.234 e. The molecule has 0 fully saturated rings. The molecule has 0 radical (unpaired) electrons. The van der Waals surface area contributed by atoms with Gasteiger partial charge >= 0.3 is 0 Å².